The number of nitrogens with zero attached hydrogens (tertiary/aromatic N) is 3. The topological polar surface area (TPSA) is 67.6 Å². The van der Waals surface area contributed by atoms with E-state index in [1.165, 1.54) is 4.90 Å². The zero-order valence-corrected chi connectivity index (χ0v) is 14.2. The average molecular weight is 309 g/mol. The maximum Gasteiger partial charge on any atom is 0.410 e. The molecule has 0 radical (unpaired) electrons. The first-order chi connectivity index (χ1) is 10.1. The average Bonchev–Trinajstić information content (AvgIpc) is 2.81. The van der Waals surface area contributed by atoms with Crippen molar-refractivity contribution in [2.24, 2.45) is 0 Å². The van der Waals surface area contributed by atoms with E-state index in [2.05, 4.69) is 18.9 Å². The largest absolute Gasteiger partial charge is 0.444 e. The van der Waals surface area contributed by atoms with Crippen molar-refractivity contribution in [1.82, 2.24) is 14.7 Å². The molecule has 22 heavy (non-hydrogen) atoms. The van der Waals surface area contributed by atoms with Gasteiger partial charge in [-0.2, -0.15) is 5.10 Å². The number of amides is 1. The molecule has 6 heteroatoms. The predicted octanol–water partition coefficient (Wildman–Crippen LogP) is 2.38. The number of carbonyl (C=O) groups excluding carboxylic acids is 1. The molecule has 1 aliphatic heterocycles. The smallest absolute Gasteiger partial charge is 0.410 e. The Kier molecular flexibility index (Phi) is 4.52. The quantitative estimate of drug-likeness (QED) is 0.927. The molecule has 0 spiro atoms. The van der Waals surface area contributed by atoms with Gasteiger partial charge in [0.05, 0.1) is 18.8 Å². The first-order valence-electron chi connectivity index (χ1n) is 7.86. The van der Waals surface area contributed by atoms with E-state index in [9.17, 15) is 9.90 Å². The predicted molar refractivity (Wildman–Crippen MR) is 83.7 cm³/mol. The molecule has 2 heterocycles. The second-order valence-corrected chi connectivity index (χ2v) is 7.28. The number of hydrogen-bond acceptors (Lipinski definition) is 4. The first kappa shape index (κ1) is 16.8. The van der Waals surface area contributed by atoms with Crippen LogP contribution in [0.15, 0.2) is 12.3 Å². The maximum absolute atomic E-state index is 11.9. The fraction of sp³-hybridized carbons (Fsp3) is 0.750. The van der Waals surface area contributed by atoms with E-state index >= 15 is 0 Å². The van der Waals surface area contributed by atoms with Crippen LogP contribution in [0.5, 0.6) is 0 Å². The van der Waals surface area contributed by atoms with Crippen molar-refractivity contribution in [3.8, 4) is 0 Å². The normalized spacial score (nSPS) is 18.7. The van der Waals surface area contributed by atoms with Gasteiger partial charge in [0.25, 0.3) is 0 Å². The molecule has 0 bridgehead atoms. The molecule has 1 aromatic rings. The van der Waals surface area contributed by atoms with Gasteiger partial charge in [0.2, 0.25) is 0 Å². The van der Waals surface area contributed by atoms with Crippen LogP contribution in [0.4, 0.5) is 4.79 Å². The Bertz CT molecular complexity index is 527. The van der Waals surface area contributed by atoms with Crippen LogP contribution in [0.1, 0.15) is 52.8 Å². The Morgan fingerprint density at radius 3 is 2.68 bits per heavy atom. The fourth-order valence-corrected chi connectivity index (χ4v) is 2.47. The molecule has 0 saturated carbocycles. The minimum Gasteiger partial charge on any atom is -0.444 e. The lowest BCUT2D eigenvalue weighted by atomic mass is 9.89. The number of aliphatic hydroxyl groups is 1. The zero-order valence-electron chi connectivity index (χ0n) is 14.2. The summed E-state index contributed by atoms with van der Waals surface area (Å²) in [4.78, 5) is 13.4. The Morgan fingerprint density at radius 2 is 2.14 bits per heavy atom. The Balaban J connectivity index is 1.88. The van der Waals surface area contributed by atoms with Crippen LogP contribution in [0, 0.1) is 0 Å². The van der Waals surface area contributed by atoms with Crippen LogP contribution in [0.2, 0.25) is 0 Å². The van der Waals surface area contributed by atoms with Crippen LogP contribution >= 0.6 is 0 Å². The molecule has 1 aromatic heterocycles. The molecule has 2 rings (SSSR count). The van der Waals surface area contributed by atoms with Crippen molar-refractivity contribution < 1.29 is 14.6 Å². The molecule has 1 aliphatic rings. The van der Waals surface area contributed by atoms with Gasteiger partial charge in [-0.3, -0.25) is 4.68 Å². The van der Waals surface area contributed by atoms with Gasteiger partial charge in [-0.15, -0.1) is 0 Å². The third-order valence-electron chi connectivity index (χ3n) is 3.84. The molecular weight excluding hydrogens is 282 g/mol. The van der Waals surface area contributed by atoms with E-state index < -0.39 is 11.2 Å². The molecule has 1 atom stereocenters. The van der Waals surface area contributed by atoms with Gasteiger partial charge in [-0.25, -0.2) is 4.79 Å². The summed E-state index contributed by atoms with van der Waals surface area (Å²) in [6, 6.07) is 2.28. The van der Waals surface area contributed by atoms with E-state index in [4.69, 9.17) is 4.74 Å². The summed E-state index contributed by atoms with van der Waals surface area (Å²) >= 11 is 0. The number of carbonyl (C=O) groups is 1. The fourth-order valence-electron chi connectivity index (χ4n) is 2.47. The minimum absolute atomic E-state index is 0.290. The van der Waals surface area contributed by atoms with Gasteiger partial charge >= 0.3 is 6.09 Å². The lowest BCUT2D eigenvalue weighted by molar-refractivity contribution is -0.0978. The molecule has 6 nitrogen and oxygen atoms in total. The van der Waals surface area contributed by atoms with Gasteiger partial charge in [0.15, 0.2) is 0 Å². The van der Waals surface area contributed by atoms with Crippen molar-refractivity contribution in [1.29, 1.82) is 0 Å². The molecule has 0 aromatic carbocycles. The van der Waals surface area contributed by atoms with Crippen LogP contribution in [-0.2, 0) is 11.2 Å². The number of ether oxygens (including phenoxy) is 1. The Labute approximate surface area is 132 Å². The van der Waals surface area contributed by atoms with E-state index in [1.807, 2.05) is 37.7 Å². The van der Waals surface area contributed by atoms with E-state index in [-0.39, 0.29) is 19.2 Å². The van der Waals surface area contributed by atoms with Gasteiger partial charge in [0, 0.05) is 18.7 Å². The second-order valence-electron chi connectivity index (χ2n) is 7.28. The monoisotopic (exact) mass is 309 g/mol. The number of likely N-dealkylation sites (tertiary alicyclic amines) is 1. The van der Waals surface area contributed by atoms with Crippen molar-refractivity contribution in [3.63, 3.8) is 0 Å². The summed E-state index contributed by atoms with van der Waals surface area (Å²) < 4.78 is 7.21. The third-order valence-corrected chi connectivity index (χ3v) is 3.84. The Hall–Kier alpha value is -1.56. The minimum atomic E-state index is -0.897. The van der Waals surface area contributed by atoms with E-state index in [1.54, 1.807) is 0 Å². The third kappa shape index (κ3) is 4.00. The van der Waals surface area contributed by atoms with Crippen molar-refractivity contribution in [2.45, 2.75) is 64.7 Å². The molecule has 0 aliphatic carbocycles. The molecular formula is C16H27N3O3. The van der Waals surface area contributed by atoms with Crippen LogP contribution in [-0.4, -0.2) is 50.2 Å². The number of aromatic nitrogens is 2. The SMILES string of the molecule is CCC(C)n1ccc(CC2(O)CN(C(=O)OC(C)(C)C)C2)n1. The van der Waals surface area contributed by atoms with Gasteiger partial charge in [-0.1, -0.05) is 6.92 Å². The molecule has 1 N–H and O–H groups in total. The summed E-state index contributed by atoms with van der Waals surface area (Å²) in [5, 5.41) is 15.0. The highest BCUT2D eigenvalue weighted by Gasteiger charge is 2.45. The number of β-amino-alcohol motifs (C(OH)–C–C–N with tert-alkyl or cyclic N) is 1. The number of rotatable bonds is 4. The van der Waals surface area contributed by atoms with Crippen LogP contribution in [0.25, 0.3) is 0 Å². The summed E-state index contributed by atoms with van der Waals surface area (Å²) in [5.41, 5.74) is -0.558. The highest BCUT2D eigenvalue weighted by Crippen LogP contribution is 2.26. The summed E-state index contributed by atoms with van der Waals surface area (Å²) in [6.07, 6.45) is 3.03. The summed E-state index contributed by atoms with van der Waals surface area (Å²) in [7, 11) is 0. The van der Waals surface area contributed by atoms with Crippen LogP contribution < -0.4 is 0 Å². The lowest BCUT2D eigenvalue weighted by Crippen LogP contribution is -2.65. The second kappa shape index (κ2) is 5.91. The van der Waals surface area contributed by atoms with E-state index in [0.717, 1.165) is 12.1 Å². The van der Waals surface area contributed by atoms with Crippen molar-refractivity contribution in [3.05, 3.63) is 18.0 Å². The van der Waals surface area contributed by atoms with Crippen molar-refractivity contribution >= 4 is 6.09 Å². The zero-order chi connectivity index (χ0) is 16.5. The molecule has 1 unspecified atom stereocenters. The highest BCUT2D eigenvalue weighted by molar-refractivity contribution is 5.69. The molecule has 124 valence electrons. The molecule has 1 amide bonds. The van der Waals surface area contributed by atoms with Crippen molar-refractivity contribution in [2.75, 3.05) is 13.1 Å². The van der Waals surface area contributed by atoms with Gasteiger partial charge < -0.3 is 14.7 Å². The standard InChI is InChI=1S/C16H27N3O3/c1-6-12(2)19-8-7-13(17-19)9-16(21)10-18(11-16)14(20)22-15(3,4)5/h7-8,12,21H,6,9-11H2,1-5H3. The molecule has 1 fully saturated rings. The van der Waals surface area contributed by atoms with Gasteiger partial charge in [0.1, 0.15) is 11.2 Å². The maximum atomic E-state index is 11.9. The highest BCUT2D eigenvalue weighted by atomic mass is 16.6. The summed E-state index contributed by atoms with van der Waals surface area (Å²) in [5.74, 6) is 0. The molecule has 1 saturated heterocycles. The summed E-state index contributed by atoms with van der Waals surface area (Å²) in [6.45, 7) is 10.3. The van der Waals surface area contributed by atoms with Crippen LogP contribution in [0.3, 0.4) is 0 Å². The first-order valence-corrected chi connectivity index (χ1v) is 7.86. The number of hydrogen-bond donors (Lipinski definition) is 1. The lowest BCUT2D eigenvalue weighted by Gasteiger charge is -2.46. The van der Waals surface area contributed by atoms with E-state index in [0.29, 0.717) is 12.5 Å². The van der Waals surface area contributed by atoms with Gasteiger partial charge in [-0.05, 0) is 40.2 Å². The Morgan fingerprint density at radius 1 is 1.50 bits per heavy atom.